The minimum absolute atomic E-state index is 0.00489. The van der Waals surface area contributed by atoms with Crippen molar-refractivity contribution < 1.29 is 9.53 Å². The quantitative estimate of drug-likeness (QED) is 0.843. The molecule has 2 rings (SSSR count). The van der Waals surface area contributed by atoms with Gasteiger partial charge in [0.15, 0.2) is 5.13 Å². The molecule has 0 radical (unpaired) electrons. The van der Waals surface area contributed by atoms with E-state index < -0.39 is 0 Å². The number of aromatic nitrogens is 1. The van der Waals surface area contributed by atoms with Crippen molar-refractivity contribution in [2.75, 3.05) is 18.6 Å². The summed E-state index contributed by atoms with van der Waals surface area (Å²) < 4.78 is 5.50. The van der Waals surface area contributed by atoms with Gasteiger partial charge in [0.05, 0.1) is 18.7 Å². The van der Waals surface area contributed by atoms with Crippen LogP contribution in [0.1, 0.15) is 12.1 Å². The summed E-state index contributed by atoms with van der Waals surface area (Å²) in [6.45, 7) is 2.29. The van der Waals surface area contributed by atoms with Crippen molar-refractivity contribution in [2.24, 2.45) is 0 Å². The van der Waals surface area contributed by atoms with Crippen LogP contribution in [0.25, 0.3) is 0 Å². The third kappa shape index (κ3) is 3.79. The van der Waals surface area contributed by atoms with Crippen molar-refractivity contribution in [3.8, 4) is 5.75 Å². The van der Waals surface area contributed by atoms with E-state index in [1.165, 1.54) is 11.3 Å². The number of rotatable bonds is 5. The molecule has 1 amide bonds. The van der Waals surface area contributed by atoms with E-state index in [1.54, 1.807) is 11.9 Å². The zero-order chi connectivity index (χ0) is 13.7. The largest absolute Gasteiger partial charge is 0.493 e. The molecule has 0 aliphatic carbocycles. The lowest BCUT2D eigenvalue weighted by atomic mass is 10.3. The number of hydrogen-bond acceptors (Lipinski definition) is 4. The van der Waals surface area contributed by atoms with Gasteiger partial charge >= 0.3 is 0 Å². The Hall–Kier alpha value is -1.88. The van der Waals surface area contributed by atoms with Crippen LogP contribution in [0.3, 0.4) is 0 Å². The van der Waals surface area contributed by atoms with E-state index >= 15 is 0 Å². The molecule has 5 heteroatoms. The molecule has 1 heterocycles. The van der Waals surface area contributed by atoms with Crippen LogP contribution in [0.2, 0.25) is 0 Å². The molecule has 19 heavy (non-hydrogen) atoms. The molecule has 0 spiro atoms. The molecule has 0 saturated carbocycles. The summed E-state index contributed by atoms with van der Waals surface area (Å²) in [5.41, 5.74) is 0.931. The summed E-state index contributed by atoms with van der Waals surface area (Å²) in [5, 5.41) is 2.65. The Labute approximate surface area is 116 Å². The summed E-state index contributed by atoms with van der Waals surface area (Å²) in [7, 11) is 1.74. The van der Waals surface area contributed by atoms with E-state index in [0.717, 1.165) is 16.6 Å². The first-order chi connectivity index (χ1) is 9.16. The van der Waals surface area contributed by atoms with E-state index in [4.69, 9.17) is 4.74 Å². The zero-order valence-electron chi connectivity index (χ0n) is 11.0. The molecular weight excluding hydrogens is 260 g/mol. The highest BCUT2D eigenvalue weighted by molar-refractivity contribution is 7.14. The number of para-hydroxylation sites is 1. The fourth-order valence-electron chi connectivity index (χ4n) is 1.54. The second kappa shape index (κ2) is 6.33. The van der Waals surface area contributed by atoms with Crippen molar-refractivity contribution in [1.82, 2.24) is 4.98 Å². The zero-order valence-corrected chi connectivity index (χ0v) is 11.8. The van der Waals surface area contributed by atoms with Crippen LogP contribution in [-0.2, 0) is 4.79 Å². The van der Waals surface area contributed by atoms with Gasteiger partial charge in [-0.05, 0) is 19.1 Å². The number of aryl methyl sites for hydroxylation is 1. The predicted octanol–water partition coefficient (Wildman–Crippen LogP) is 2.88. The maximum Gasteiger partial charge on any atom is 0.231 e. The average molecular weight is 276 g/mol. The van der Waals surface area contributed by atoms with Gasteiger partial charge in [-0.25, -0.2) is 4.98 Å². The lowest BCUT2D eigenvalue weighted by Gasteiger charge is -2.13. The van der Waals surface area contributed by atoms with Gasteiger partial charge in [-0.1, -0.05) is 18.2 Å². The van der Waals surface area contributed by atoms with E-state index in [2.05, 4.69) is 4.98 Å². The number of carbonyl (C=O) groups is 1. The number of amides is 1. The van der Waals surface area contributed by atoms with Gasteiger partial charge in [0.2, 0.25) is 5.91 Å². The topological polar surface area (TPSA) is 42.4 Å². The Kier molecular flexibility index (Phi) is 4.52. The smallest absolute Gasteiger partial charge is 0.231 e. The summed E-state index contributed by atoms with van der Waals surface area (Å²) >= 11 is 1.47. The maximum absolute atomic E-state index is 12.0. The van der Waals surface area contributed by atoms with E-state index in [0.29, 0.717) is 13.0 Å². The van der Waals surface area contributed by atoms with E-state index in [1.807, 2.05) is 42.6 Å². The minimum Gasteiger partial charge on any atom is -0.493 e. The molecule has 0 bridgehead atoms. The summed E-state index contributed by atoms with van der Waals surface area (Å²) in [5.74, 6) is 0.785. The molecule has 1 aromatic heterocycles. The second-order valence-corrected chi connectivity index (χ2v) is 4.97. The number of thiazole rings is 1. The van der Waals surface area contributed by atoms with Crippen molar-refractivity contribution >= 4 is 22.4 Å². The molecule has 100 valence electrons. The van der Waals surface area contributed by atoms with Crippen LogP contribution >= 0.6 is 11.3 Å². The van der Waals surface area contributed by atoms with Gasteiger partial charge < -0.3 is 4.74 Å². The number of hydrogen-bond donors (Lipinski definition) is 0. The van der Waals surface area contributed by atoms with Crippen LogP contribution in [-0.4, -0.2) is 24.5 Å². The summed E-state index contributed by atoms with van der Waals surface area (Å²) in [6.07, 6.45) is 0.337. The molecule has 0 atom stereocenters. The number of ether oxygens (including phenoxy) is 1. The third-order valence-electron chi connectivity index (χ3n) is 2.60. The Bertz CT molecular complexity index is 539. The van der Waals surface area contributed by atoms with Crippen LogP contribution < -0.4 is 9.64 Å². The number of benzene rings is 1. The Morgan fingerprint density at radius 2 is 2.11 bits per heavy atom. The molecule has 2 aromatic rings. The Morgan fingerprint density at radius 3 is 2.74 bits per heavy atom. The van der Waals surface area contributed by atoms with Crippen LogP contribution in [0, 0.1) is 6.92 Å². The minimum atomic E-state index is 0.00489. The lowest BCUT2D eigenvalue weighted by Crippen LogP contribution is -2.27. The normalized spacial score (nSPS) is 10.2. The summed E-state index contributed by atoms with van der Waals surface area (Å²) in [4.78, 5) is 17.8. The van der Waals surface area contributed by atoms with Crippen molar-refractivity contribution in [2.45, 2.75) is 13.3 Å². The Morgan fingerprint density at radius 1 is 1.37 bits per heavy atom. The molecule has 1 aromatic carbocycles. The molecular formula is C14H16N2O2S. The second-order valence-electron chi connectivity index (χ2n) is 4.14. The van der Waals surface area contributed by atoms with Crippen molar-refractivity contribution in [3.05, 3.63) is 41.4 Å². The van der Waals surface area contributed by atoms with Crippen molar-refractivity contribution in [1.29, 1.82) is 0 Å². The molecule has 0 fully saturated rings. The fraction of sp³-hybridized carbons (Fsp3) is 0.286. The Balaban J connectivity index is 1.81. The SMILES string of the molecule is Cc1csc(N(C)C(=O)CCOc2ccccc2)n1. The molecule has 4 nitrogen and oxygen atoms in total. The molecule has 0 saturated heterocycles. The number of anilines is 1. The van der Waals surface area contributed by atoms with Gasteiger partial charge in [-0.15, -0.1) is 11.3 Å². The van der Waals surface area contributed by atoms with Gasteiger partial charge in [-0.3, -0.25) is 9.69 Å². The highest BCUT2D eigenvalue weighted by atomic mass is 32.1. The van der Waals surface area contributed by atoms with Gasteiger partial charge in [0, 0.05) is 12.4 Å². The van der Waals surface area contributed by atoms with Gasteiger partial charge in [0.1, 0.15) is 5.75 Å². The number of carbonyl (C=O) groups excluding carboxylic acids is 1. The van der Waals surface area contributed by atoms with Crippen molar-refractivity contribution in [3.63, 3.8) is 0 Å². The van der Waals surface area contributed by atoms with Crippen LogP contribution in [0.5, 0.6) is 5.75 Å². The first kappa shape index (κ1) is 13.5. The van der Waals surface area contributed by atoms with E-state index in [9.17, 15) is 4.79 Å². The predicted molar refractivity (Wildman–Crippen MR) is 76.8 cm³/mol. The first-order valence-corrected chi connectivity index (χ1v) is 6.91. The molecule has 0 aliphatic heterocycles. The monoisotopic (exact) mass is 276 g/mol. The lowest BCUT2D eigenvalue weighted by molar-refractivity contribution is -0.118. The highest BCUT2D eigenvalue weighted by Gasteiger charge is 2.13. The summed E-state index contributed by atoms with van der Waals surface area (Å²) in [6, 6.07) is 9.48. The molecule has 0 unspecified atom stereocenters. The first-order valence-electron chi connectivity index (χ1n) is 6.03. The maximum atomic E-state index is 12.0. The van der Waals surface area contributed by atoms with Crippen LogP contribution in [0.4, 0.5) is 5.13 Å². The van der Waals surface area contributed by atoms with Gasteiger partial charge in [0.25, 0.3) is 0 Å². The van der Waals surface area contributed by atoms with Crippen LogP contribution in [0.15, 0.2) is 35.7 Å². The molecule has 0 aliphatic rings. The fourth-order valence-corrected chi connectivity index (χ4v) is 2.33. The standard InChI is InChI=1S/C14H16N2O2S/c1-11-10-19-14(15-11)16(2)13(17)8-9-18-12-6-4-3-5-7-12/h3-7,10H,8-9H2,1-2H3. The third-order valence-corrected chi connectivity index (χ3v) is 3.63. The number of nitrogens with zero attached hydrogens (tertiary/aromatic N) is 2. The van der Waals surface area contributed by atoms with E-state index in [-0.39, 0.29) is 5.91 Å². The highest BCUT2D eigenvalue weighted by Crippen LogP contribution is 2.19. The van der Waals surface area contributed by atoms with Gasteiger partial charge in [-0.2, -0.15) is 0 Å². The molecule has 0 N–H and O–H groups in total. The average Bonchev–Trinajstić information content (AvgIpc) is 2.85.